The van der Waals surface area contributed by atoms with Gasteiger partial charge in [0.25, 0.3) is 0 Å². The van der Waals surface area contributed by atoms with E-state index < -0.39 is 0 Å². The van der Waals surface area contributed by atoms with Gasteiger partial charge in [-0.2, -0.15) is 0 Å². The molecule has 0 aromatic heterocycles. The third-order valence-electron chi connectivity index (χ3n) is 5.34. The van der Waals surface area contributed by atoms with Crippen LogP contribution in [0.4, 0.5) is 0 Å². The monoisotopic (exact) mass is 466 g/mol. The predicted molar refractivity (Wildman–Crippen MR) is 136 cm³/mol. The first kappa shape index (κ1) is 23.6. The molecule has 0 amide bonds. The zero-order valence-electron chi connectivity index (χ0n) is 19.4. The van der Waals surface area contributed by atoms with Crippen molar-refractivity contribution >= 4 is 11.9 Å². The lowest BCUT2D eigenvalue weighted by atomic mass is 10.1. The molecule has 0 bridgehead atoms. The number of aromatic hydroxyl groups is 1. The van der Waals surface area contributed by atoms with Crippen molar-refractivity contribution in [2.24, 2.45) is 0 Å². The molecule has 0 saturated heterocycles. The van der Waals surface area contributed by atoms with Crippen LogP contribution in [0.15, 0.2) is 103 Å². The van der Waals surface area contributed by atoms with Gasteiger partial charge in [-0.3, -0.25) is 4.79 Å². The van der Waals surface area contributed by atoms with Gasteiger partial charge in [0.2, 0.25) is 0 Å². The molecular formula is C30H26O5. The summed E-state index contributed by atoms with van der Waals surface area (Å²) in [6.45, 7) is 0.669. The number of allylic oxidation sites excluding steroid dienone is 1. The number of hydrogen-bond acceptors (Lipinski definition) is 5. The highest BCUT2D eigenvalue weighted by Crippen LogP contribution is 2.29. The summed E-state index contributed by atoms with van der Waals surface area (Å²) in [6.07, 6.45) is 3.15. The average molecular weight is 467 g/mol. The second-order valence-electron chi connectivity index (χ2n) is 7.83. The molecule has 5 nitrogen and oxygen atoms in total. The summed E-state index contributed by atoms with van der Waals surface area (Å²) in [5.41, 5.74) is 3.09. The van der Waals surface area contributed by atoms with Crippen LogP contribution in [-0.4, -0.2) is 18.0 Å². The highest BCUT2D eigenvalue weighted by Gasteiger charge is 2.13. The van der Waals surface area contributed by atoms with Crippen molar-refractivity contribution in [3.8, 4) is 23.0 Å². The van der Waals surface area contributed by atoms with Crippen LogP contribution >= 0.6 is 0 Å². The first-order chi connectivity index (χ1) is 17.1. The van der Waals surface area contributed by atoms with Crippen molar-refractivity contribution in [2.75, 3.05) is 7.11 Å². The number of methoxy groups -OCH3 is 1. The summed E-state index contributed by atoms with van der Waals surface area (Å²) in [5, 5.41) is 9.93. The average Bonchev–Trinajstić information content (AvgIpc) is 2.91. The first-order valence-corrected chi connectivity index (χ1v) is 11.2. The van der Waals surface area contributed by atoms with Crippen molar-refractivity contribution in [2.45, 2.75) is 13.2 Å². The van der Waals surface area contributed by atoms with E-state index in [1.54, 1.807) is 43.5 Å². The van der Waals surface area contributed by atoms with Gasteiger partial charge in [-0.15, -0.1) is 0 Å². The second-order valence-corrected chi connectivity index (χ2v) is 7.83. The van der Waals surface area contributed by atoms with E-state index in [0.29, 0.717) is 41.6 Å². The number of benzene rings is 4. The highest BCUT2D eigenvalue weighted by molar-refractivity contribution is 6.08. The Hall–Kier alpha value is -4.51. The molecule has 176 valence electrons. The third kappa shape index (κ3) is 6.51. The fourth-order valence-corrected chi connectivity index (χ4v) is 3.46. The van der Waals surface area contributed by atoms with E-state index in [2.05, 4.69) is 0 Å². The number of phenolic OH excluding ortho intramolecular Hbond substituents is 1. The topological polar surface area (TPSA) is 65.0 Å². The maximum atomic E-state index is 13.1. The van der Waals surface area contributed by atoms with Gasteiger partial charge in [0, 0.05) is 17.7 Å². The molecule has 0 fully saturated rings. The smallest absolute Gasteiger partial charge is 0.189 e. The third-order valence-corrected chi connectivity index (χ3v) is 5.34. The number of rotatable bonds is 10. The zero-order chi connectivity index (χ0) is 24.5. The summed E-state index contributed by atoms with van der Waals surface area (Å²) in [5.74, 6) is 1.38. The molecule has 0 atom stereocenters. The number of carbonyl (C=O) groups excluding carboxylic acids is 1. The van der Waals surface area contributed by atoms with Gasteiger partial charge in [-0.05, 0) is 47.5 Å². The quantitative estimate of drug-likeness (QED) is 0.215. The molecule has 0 radical (unpaired) electrons. The molecular weight excluding hydrogens is 440 g/mol. The number of carbonyl (C=O) groups is 1. The summed E-state index contributed by atoms with van der Waals surface area (Å²) in [6, 6.07) is 29.4. The Bertz CT molecular complexity index is 1300. The summed E-state index contributed by atoms with van der Waals surface area (Å²) >= 11 is 0. The van der Waals surface area contributed by atoms with Gasteiger partial charge in [-0.1, -0.05) is 60.7 Å². The highest BCUT2D eigenvalue weighted by atomic mass is 16.5. The fourth-order valence-electron chi connectivity index (χ4n) is 3.46. The molecule has 0 saturated carbocycles. The van der Waals surface area contributed by atoms with E-state index in [4.69, 9.17) is 14.2 Å². The standard InChI is InChI=1S/C30H26O5/c1-33-26-15-16-27(30(19-26)35-21-23-10-6-3-7-11-23)28(32)17-13-24-12-14-25(31)18-29(24)34-20-22-8-4-2-5-9-22/h2-19,31H,20-21H2,1H3. The maximum absolute atomic E-state index is 13.1. The molecule has 0 unspecified atom stereocenters. The molecule has 4 rings (SSSR count). The van der Waals surface area contributed by atoms with Gasteiger partial charge in [0.1, 0.15) is 36.2 Å². The second kappa shape index (κ2) is 11.6. The van der Waals surface area contributed by atoms with E-state index >= 15 is 0 Å². The fraction of sp³-hybridized carbons (Fsp3) is 0.100. The van der Waals surface area contributed by atoms with Crippen LogP contribution in [0.25, 0.3) is 6.08 Å². The predicted octanol–water partition coefficient (Wildman–Crippen LogP) is 6.45. The molecule has 4 aromatic carbocycles. The van der Waals surface area contributed by atoms with Gasteiger partial charge >= 0.3 is 0 Å². The molecule has 0 aliphatic heterocycles. The normalized spacial score (nSPS) is 10.8. The van der Waals surface area contributed by atoms with Crippen LogP contribution < -0.4 is 14.2 Å². The molecule has 0 aliphatic rings. The van der Waals surface area contributed by atoms with Crippen LogP contribution in [0.3, 0.4) is 0 Å². The lowest BCUT2D eigenvalue weighted by molar-refractivity contribution is 0.104. The lowest BCUT2D eigenvalue weighted by Gasteiger charge is -2.12. The van der Waals surface area contributed by atoms with Crippen LogP contribution in [0, 0.1) is 0 Å². The van der Waals surface area contributed by atoms with E-state index in [9.17, 15) is 9.90 Å². The number of hydrogen-bond donors (Lipinski definition) is 1. The molecule has 4 aromatic rings. The minimum absolute atomic E-state index is 0.0864. The van der Waals surface area contributed by atoms with Crippen molar-refractivity contribution in [3.05, 3.63) is 125 Å². The van der Waals surface area contributed by atoms with E-state index in [1.807, 2.05) is 60.7 Å². The molecule has 0 aliphatic carbocycles. The van der Waals surface area contributed by atoms with Crippen molar-refractivity contribution in [1.29, 1.82) is 0 Å². The zero-order valence-corrected chi connectivity index (χ0v) is 19.4. The van der Waals surface area contributed by atoms with Crippen LogP contribution in [0.5, 0.6) is 23.0 Å². The molecule has 1 N–H and O–H groups in total. The Kier molecular flexibility index (Phi) is 7.81. The van der Waals surface area contributed by atoms with Crippen LogP contribution in [-0.2, 0) is 13.2 Å². The molecule has 0 spiro atoms. The van der Waals surface area contributed by atoms with Crippen LogP contribution in [0.2, 0.25) is 0 Å². The van der Waals surface area contributed by atoms with E-state index in [0.717, 1.165) is 11.1 Å². The van der Waals surface area contributed by atoms with Crippen molar-refractivity contribution in [1.82, 2.24) is 0 Å². The molecule has 35 heavy (non-hydrogen) atoms. The lowest BCUT2D eigenvalue weighted by Crippen LogP contribution is -2.03. The Labute approximate surface area is 204 Å². The minimum Gasteiger partial charge on any atom is -0.508 e. The first-order valence-electron chi connectivity index (χ1n) is 11.2. The largest absolute Gasteiger partial charge is 0.508 e. The van der Waals surface area contributed by atoms with Gasteiger partial charge in [-0.25, -0.2) is 0 Å². The SMILES string of the molecule is COc1ccc(C(=O)C=Cc2ccc(O)cc2OCc2ccccc2)c(OCc2ccccc2)c1. The Morgan fingerprint density at radius 1 is 0.771 bits per heavy atom. The van der Waals surface area contributed by atoms with Gasteiger partial charge in [0.05, 0.1) is 12.7 Å². The van der Waals surface area contributed by atoms with Gasteiger partial charge in [0.15, 0.2) is 5.78 Å². The summed E-state index contributed by atoms with van der Waals surface area (Å²) in [7, 11) is 1.57. The van der Waals surface area contributed by atoms with E-state index in [-0.39, 0.29) is 11.5 Å². The van der Waals surface area contributed by atoms with Crippen molar-refractivity contribution < 1.29 is 24.1 Å². The van der Waals surface area contributed by atoms with Gasteiger partial charge < -0.3 is 19.3 Å². The Morgan fingerprint density at radius 2 is 1.40 bits per heavy atom. The molecule has 0 heterocycles. The van der Waals surface area contributed by atoms with Crippen LogP contribution in [0.1, 0.15) is 27.0 Å². The Morgan fingerprint density at radius 3 is 2.03 bits per heavy atom. The van der Waals surface area contributed by atoms with E-state index in [1.165, 1.54) is 12.1 Å². The van der Waals surface area contributed by atoms with Crippen molar-refractivity contribution in [3.63, 3.8) is 0 Å². The summed E-state index contributed by atoms with van der Waals surface area (Å²) < 4.78 is 17.2. The number of phenols is 1. The minimum atomic E-state index is -0.224. The number of ether oxygens (including phenoxy) is 3. The molecule has 5 heteroatoms. The summed E-state index contributed by atoms with van der Waals surface area (Å²) in [4.78, 5) is 13.1. The Balaban J connectivity index is 1.53. The maximum Gasteiger partial charge on any atom is 0.189 e. The number of ketones is 1.